The van der Waals surface area contributed by atoms with E-state index in [1.165, 1.54) is 32.4 Å². The molecule has 0 radical (unpaired) electrons. The number of piperidine rings is 1. The van der Waals surface area contributed by atoms with E-state index >= 15 is 0 Å². The van der Waals surface area contributed by atoms with Crippen LogP contribution in [0.4, 0.5) is 11.8 Å². The van der Waals surface area contributed by atoms with Gasteiger partial charge in [0.05, 0.1) is 0 Å². The molecule has 0 aliphatic carbocycles. The van der Waals surface area contributed by atoms with Crippen LogP contribution in [0.1, 0.15) is 25.7 Å². The molecule has 0 saturated carbocycles. The van der Waals surface area contributed by atoms with Crippen LogP contribution in [0.3, 0.4) is 0 Å². The number of fused-ring (bicyclic) bond motifs is 1. The number of rotatable bonds is 2. The molecule has 2 aliphatic heterocycles. The first-order valence-corrected chi connectivity index (χ1v) is 6.91. The van der Waals surface area contributed by atoms with Crippen molar-refractivity contribution in [2.24, 2.45) is 0 Å². The third-order valence-electron chi connectivity index (χ3n) is 3.90. The molecule has 3 rings (SSSR count). The maximum Gasteiger partial charge on any atom is 0.223 e. The van der Waals surface area contributed by atoms with Crippen LogP contribution in [-0.2, 0) is 0 Å². The van der Waals surface area contributed by atoms with Gasteiger partial charge in [-0.3, -0.25) is 4.90 Å². The topological polar surface area (TPSA) is 67.1 Å². The van der Waals surface area contributed by atoms with Gasteiger partial charge in [-0.15, -0.1) is 0 Å². The maximum atomic E-state index is 5.89. The zero-order valence-corrected chi connectivity index (χ0v) is 11.0. The molecule has 0 spiro atoms. The molecule has 0 amide bonds. The summed E-state index contributed by atoms with van der Waals surface area (Å²) in [5, 5.41) is 3.86. The molecule has 0 bridgehead atoms. The normalized spacial score (nSPS) is 28.1. The zero-order chi connectivity index (χ0) is 12.5. The molecule has 3 N–H and O–H groups in total. The molecule has 0 aromatic carbocycles. The number of aromatic nitrogens is 2. The highest BCUT2D eigenvalue weighted by Gasteiger charge is 2.35. The molecule has 2 atom stereocenters. The van der Waals surface area contributed by atoms with Gasteiger partial charge in [0.1, 0.15) is 11.0 Å². The van der Waals surface area contributed by atoms with Gasteiger partial charge in [-0.2, -0.15) is 4.98 Å². The van der Waals surface area contributed by atoms with Gasteiger partial charge in [0.15, 0.2) is 0 Å². The number of halogens is 1. The van der Waals surface area contributed by atoms with E-state index in [0.29, 0.717) is 17.2 Å². The van der Waals surface area contributed by atoms with Crippen LogP contribution >= 0.6 is 11.6 Å². The Hall–Kier alpha value is -1.07. The van der Waals surface area contributed by atoms with Crippen molar-refractivity contribution in [2.45, 2.75) is 37.8 Å². The first-order valence-electron chi connectivity index (χ1n) is 6.53. The molecule has 2 unspecified atom stereocenters. The Morgan fingerprint density at radius 1 is 1.28 bits per heavy atom. The molecule has 2 saturated heterocycles. The van der Waals surface area contributed by atoms with E-state index in [1.54, 1.807) is 6.07 Å². The van der Waals surface area contributed by atoms with Gasteiger partial charge < -0.3 is 11.1 Å². The molecule has 1 aromatic rings. The largest absolute Gasteiger partial charge is 0.368 e. The second-order valence-corrected chi connectivity index (χ2v) is 5.46. The predicted octanol–water partition coefficient (Wildman–Crippen LogP) is 1.75. The number of hydrogen-bond donors (Lipinski definition) is 2. The Morgan fingerprint density at radius 2 is 2.17 bits per heavy atom. The molecule has 2 fully saturated rings. The minimum Gasteiger partial charge on any atom is -0.368 e. The monoisotopic (exact) mass is 267 g/mol. The molecule has 5 nitrogen and oxygen atoms in total. The average molecular weight is 268 g/mol. The summed E-state index contributed by atoms with van der Waals surface area (Å²) in [4.78, 5) is 10.6. The summed E-state index contributed by atoms with van der Waals surface area (Å²) in [6.45, 7) is 2.41. The molecular weight excluding hydrogens is 250 g/mol. The number of nitrogens with zero attached hydrogens (tertiary/aromatic N) is 3. The van der Waals surface area contributed by atoms with Crippen molar-refractivity contribution in [2.75, 3.05) is 24.1 Å². The summed E-state index contributed by atoms with van der Waals surface area (Å²) in [5.41, 5.74) is 5.61. The number of anilines is 2. The van der Waals surface area contributed by atoms with Crippen molar-refractivity contribution in [3.05, 3.63) is 11.2 Å². The molecule has 3 heterocycles. The summed E-state index contributed by atoms with van der Waals surface area (Å²) in [5.74, 6) is 0.966. The Bertz CT molecular complexity index is 418. The number of nitrogens with two attached hydrogens (primary N) is 1. The quantitative estimate of drug-likeness (QED) is 0.799. The predicted molar refractivity (Wildman–Crippen MR) is 72.7 cm³/mol. The Morgan fingerprint density at radius 3 is 3.00 bits per heavy atom. The average Bonchev–Trinajstić information content (AvgIpc) is 2.72. The highest BCUT2D eigenvalue weighted by molar-refractivity contribution is 6.29. The zero-order valence-electron chi connectivity index (χ0n) is 10.3. The van der Waals surface area contributed by atoms with Crippen LogP contribution in [0.15, 0.2) is 6.07 Å². The summed E-state index contributed by atoms with van der Waals surface area (Å²) >= 11 is 5.89. The summed E-state index contributed by atoms with van der Waals surface area (Å²) < 4.78 is 0. The SMILES string of the molecule is Nc1nc(Cl)cc(NC2CCN3CCCCC23)n1. The lowest BCUT2D eigenvalue weighted by atomic mass is 9.99. The van der Waals surface area contributed by atoms with Gasteiger partial charge in [-0.25, -0.2) is 4.98 Å². The van der Waals surface area contributed by atoms with Gasteiger partial charge in [-0.1, -0.05) is 18.0 Å². The van der Waals surface area contributed by atoms with E-state index in [4.69, 9.17) is 17.3 Å². The lowest BCUT2D eigenvalue weighted by Gasteiger charge is -2.32. The molecule has 98 valence electrons. The smallest absolute Gasteiger partial charge is 0.223 e. The fourth-order valence-corrected chi connectivity index (χ4v) is 3.30. The van der Waals surface area contributed by atoms with Crippen molar-refractivity contribution < 1.29 is 0 Å². The number of nitrogens with one attached hydrogen (secondary N) is 1. The first kappa shape index (κ1) is 12.0. The summed E-state index contributed by atoms with van der Waals surface area (Å²) in [6.07, 6.45) is 5.08. The summed E-state index contributed by atoms with van der Waals surface area (Å²) in [6, 6.07) is 2.83. The second-order valence-electron chi connectivity index (χ2n) is 5.07. The lowest BCUT2D eigenvalue weighted by molar-refractivity contribution is 0.192. The first-order chi connectivity index (χ1) is 8.72. The fourth-order valence-electron chi connectivity index (χ4n) is 3.11. The Balaban J connectivity index is 1.72. The highest BCUT2D eigenvalue weighted by Crippen LogP contribution is 2.29. The molecule has 2 aliphatic rings. The highest BCUT2D eigenvalue weighted by atomic mass is 35.5. The van der Waals surface area contributed by atoms with E-state index in [0.717, 1.165) is 12.2 Å². The van der Waals surface area contributed by atoms with Crippen molar-refractivity contribution in [3.63, 3.8) is 0 Å². The van der Waals surface area contributed by atoms with Gasteiger partial charge in [0.2, 0.25) is 5.95 Å². The molecule has 6 heteroatoms. The van der Waals surface area contributed by atoms with Gasteiger partial charge in [0.25, 0.3) is 0 Å². The maximum absolute atomic E-state index is 5.89. The van der Waals surface area contributed by atoms with Crippen LogP contribution in [0.25, 0.3) is 0 Å². The number of hydrogen-bond acceptors (Lipinski definition) is 5. The van der Waals surface area contributed by atoms with E-state index in [-0.39, 0.29) is 5.95 Å². The standard InChI is InChI=1S/C12H18ClN5/c13-10-7-11(17-12(14)16-10)15-8-4-6-18-5-2-1-3-9(8)18/h7-9H,1-6H2,(H3,14,15,16,17). The minimum absolute atomic E-state index is 0.225. The van der Waals surface area contributed by atoms with E-state index < -0.39 is 0 Å². The second kappa shape index (κ2) is 4.90. The van der Waals surface area contributed by atoms with E-state index in [1.807, 2.05) is 0 Å². The van der Waals surface area contributed by atoms with Gasteiger partial charge in [0, 0.05) is 24.7 Å². The fraction of sp³-hybridized carbons (Fsp3) is 0.667. The van der Waals surface area contributed by atoms with E-state index in [2.05, 4.69) is 20.2 Å². The van der Waals surface area contributed by atoms with Crippen LogP contribution in [0, 0.1) is 0 Å². The van der Waals surface area contributed by atoms with Gasteiger partial charge in [-0.05, 0) is 25.8 Å². The van der Waals surface area contributed by atoms with Crippen LogP contribution in [-0.4, -0.2) is 40.0 Å². The lowest BCUT2D eigenvalue weighted by Crippen LogP contribution is -2.41. The van der Waals surface area contributed by atoms with Crippen LogP contribution in [0.5, 0.6) is 0 Å². The number of nitrogen functional groups attached to an aromatic ring is 1. The van der Waals surface area contributed by atoms with Crippen molar-refractivity contribution in [3.8, 4) is 0 Å². The van der Waals surface area contributed by atoms with E-state index in [9.17, 15) is 0 Å². The molecule has 1 aromatic heterocycles. The van der Waals surface area contributed by atoms with Gasteiger partial charge >= 0.3 is 0 Å². The molecule has 18 heavy (non-hydrogen) atoms. The van der Waals surface area contributed by atoms with Crippen molar-refractivity contribution >= 4 is 23.4 Å². The van der Waals surface area contributed by atoms with Crippen LogP contribution < -0.4 is 11.1 Å². The minimum atomic E-state index is 0.225. The van der Waals surface area contributed by atoms with Crippen LogP contribution in [0.2, 0.25) is 5.15 Å². The van der Waals surface area contributed by atoms with Crippen molar-refractivity contribution in [1.82, 2.24) is 14.9 Å². The van der Waals surface area contributed by atoms with Crippen molar-refractivity contribution in [1.29, 1.82) is 0 Å². The molecular formula is C12H18ClN5. The summed E-state index contributed by atoms with van der Waals surface area (Å²) in [7, 11) is 0. The Labute approximate surface area is 112 Å². The Kier molecular flexibility index (Phi) is 3.26. The third-order valence-corrected chi connectivity index (χ3v) is 4.10. The third kappa shape index (κ3) is 2.37.